The summed E-state index contributed by atoms with van der Waals surface area (Å²) in [4.78, 5) is 4.46. The maximum atomic E-state index is 9.75. The first-order chi connectivity index (χ1) is 7.22. The van der Waals surface area contributed by atoms with E-state index in [0.29, 0.717) is 6.42 Å². The van der Waals surface area contributed by atoms with E-state index >= 15 is 0 Å². The maximum absolute atomic E-state index is 9.75. The molecule has 2 aromatic rings. The molecule has 1 N–H and O–H groups in total. The summed E-state index contributed by atoms with van der Waals surface area (Å²) in [6.45, 7) is 4.01. The van der Waals surface area contributed by atoms with E-state index in [1.54, 1.807) is 0 Å². The molecule has 0 bridgehead atoms. The molecule has 1 atom stereocenters. The lowest BCUT2D eigenvalue weighted by Gasteiger charge is -2.10. The van der Waals surface area contributed by atoms with Crippen molar-refractivity contribution in [3.8, 4) is 0 Å². The highest BCUT2D eigenvalue weighted by atomic mass is 16.3. The summed E-state index contributed by atoms with van der Waals surface area (Å²) in [5.74, 6) is 0. The van der Waals surface area contributed by atoms with Crippen LogP contribution in [-0.4, -0.2) is 10.1 Å². The van der Waals surface area contributed by atoms with Crippen LogP contribution in [0.25, 0.3) is 10.9 Å². The van der Waals surface area contributed by atoms with Crippen LogP contribution in [0.1, 0.15) is 30.7 Å². The third-order valence-electron chi connectivity index (χ3n) is 2.67. The van der Waals surface area contributed by atoms with Gasteiger partial charge in [0.15, 0.2) is 0 Å². The molecule has 1 aromatic carbocycles. The molecular weight excluding hydrogens is 186 g/mol. The van der Waals surface area contributed by atoms with Crippen LogP contribution in [0.2, 0.25) is 0 Å². The largest absolute Gasteiger partial charge is 0.387 e. The van der Waals surface area contributed by atoms with Crippen LogP contribution in [0.4, 0.5) is 0 Å². The Morgan fingerprint density at radius 2 is 2.07 bits per heavy atom. The molecule has 2 rings (SSSR count). The number of pyridine rings is 1. The van der Waals surface area contributed by atoms with E-state index in [4.69, 9.17) is 0 Å². The predicted octanol–water partition coefficient (Wildman–Crippen LogP) is 2.99. The van der Waals surface area contributed by atoms with Crippen LogP contribution in [0, 0.1) is 6.92 Å². The molecule has 2 nitrogen and oxygen atoms in total. The standard InChI is InChI=1S/C13H15NO/c1-3-13(15)12-8-9(2)10-6-4-5-7-11(10)14-12/h4-8,13,15H,3H2,1-2H3/t13-/m1/s1. The number of hydrogen-bond donors (Lipinski definition) is 1. The van der Waals surface area contributed by atoms with E-state index in [1.807, 2.05) is 31.2 Å². The van der Waals surface area contributed by atoms with Gasteiger partial charge in [0, 0.05) is 5.39 Å². The summed E-state index contributed by atoms with van der Waals surface area (Å²) in [7, 11) is 0. The van der Waals surface area contributed by atoms with Crippen molar-refractivity contribution in [2.24, 2.45) is 0 Å². The zero-order valence-electron chi connectivity index (χ0n) is 9.07. The van der Waals surface area contributed by atoms with E-state index in [-0.39, 0.29) is 0 Å². The number of aryl methyl sites for hydroxylation is 1. The van der Waals surface area contributed by atoms with Crippen LogP contribution < -0.4 is 0 Å². The Morgan fingerprint density at radius 3 is 2.80 bits per heavy atom. The number of aliphatic hydroxyl groups is 1. The number of hydrogen-bond acceptors (Lipinski definition) is 2. The van der Waals surface area contributed by atoms with Gasteiger partial charge in [-0.05, 0) is 31.0 Å². The second kappa shape index (κ2) is 3.99. The molecule has 0 saturated heterocycles. The van der Waals surface area contributed by atoms with Crippen molar-refractivity contribution in [3.05, 3.63) is 41.6 Å². The van der Waals surface area contributed by atoms with E-state index in [1.165, 1.54) is 5.56 Å². The molecule has 0 aliphatic heterocycles. The average Bonchev–Trinajstić information content (AvgIpc) is 2.28. The van der Waals surface area contributed by atoms with Gasteiger partial charge >= 0.3 is 0 Å². The molecule has 0 saturated carbocycles. The first-order valence-corrected chi connectivity index (χ1v) is 5.26. The molecule has 2 heteroatoms. The van der Waals surface area contributed by atoms with Crippen molar-refractivity contribution in [1.29, 1.82) is 0 Å². The summed E-state index contributed by atoms with van der Waals surface area (Å²) < 4.78 is 0. The maximum Gasteiger partial charge on any atom is 0.0957 e. The fourth-order valence-corrected chi connectivity index (χ4v) is 1.76. The van der Waals surface area contributed by atoms with Gasteiger partial charge in [-0.15, -0.1) is 0 Å². The molecule has 0 radical (unpaired) electrons. The van der Waals surface area contributed by atoms with E-state index in [0.717, 1.165) is 16.6 Å². The van der Waals surface area contributed by atoms with Crippen molar-refractivity contribution in [2.45, 2.75) is 26.4 Å². The quantitative estimate of drug-likeness (QED) is 0.810. The van der Waals surface area contributed by atoms with E-state index < -0.39 is 6.10 Å². The Balaban J connectivity index is 2.62. The lowest BCUT2D eigenvalue weighted by atomic mass is 10.1. The van der Waals surface area contributed by atoms with E-state index in [9.17, 15) is 5.11 Å². The third-order valence-corrected chi connectivity index (χ3v) is 2.67. The number of aromatic nitrogens is 1. The second-order valence-electron chi connectivity index (χ2n) is 3.81. The van der Waals surface area contributed by atoms with Crippen molar-refractivity contribution >= 4 is 10.9 Å². The summed E-state index contributed by atoms with van der Waals surface area (Å²) in [5, 5.41) is 10.9. The highest BCUT2D eigenvalue weighted by Crippen LogP contribution is 2.21. The minimum absolute atomic E-state index is 0.451. The Labute approximate surface area is 89.6 Å². The minimum Gasteiger partial charge on any atom is -0.387 e. The van der Waals surface area contributed by atoms with Crippen LogP contribution in [0.3, 0.4) is 0 Å². The fraction of sp³-hybridized carbons (Fsp3) is 0.308. The van der Waals surface area contributed by atoms with Gasteiger partial charge < -0.3 is 5.11 Å². The molecule has 0 spiro atoms. The smallest absolute Gasteiger partial charge is 0.0957 e. The molecule has 1 heterocycles. The summed E-state index contributed by atoms with van der Waals surface area (Å²) in [5.41, 5.74) is 2.90. The molecule has 15 heavy (non-hydrogen) atoms. The SMILES string of the molecule is CC[C@@H](O)c1cc(C)c2ccccc2n1. The summed E-state index contributed by atoms with van der Waals surface area (Å²) in [6.07, 6.45) is 0.249. The van der Waals surface area contributed by atoms with Crippen LogP contribution >= 0.6 is 0 Å². The van der Waals surface area contributed by atoms with Gasteiger partial charge in [0.1, 0.15) is 0 Å². The monoisotopic (exact) mass is 201 g/mol. The predicted molar refractivity (Wildman–Crippen MR) is 61.7 cm³/mol. The Bertz CT molecular complexity index is 479. The Morgan fingerprint density at radius 1 is 1.33 bits per heavy atom. The molecule has 0 aliphatic rings. The first kappa shape index (κ1) is 10.1. The Kier molecular flexibility index (Phi) is 2.69. The molecule has 0 fully saturated rings. The minimum atomic E-state index is -0.451. The second-order valence-corrected chi connectivity index (χ2v) is 3.81. The molecule has 0 aliphatic carbocycles. The highest BCUT2D eigenvalue weighted by molar-refractivity contribution is 5.82. The van der Waals surface area contributed by atoms with Crippen molar-refractivity contribution in [3.63, 3.8) is 0 Å². The number of fused-ring (bicyclic) bond motifs is 1. The summed E-state index contributed by atoms with van der Waals surface area (Å²) in [6, 6.07) is 9.98. The topological polar surface area (TPSA) is 33.1 Å². The average molecular weight is 201 g/mol. The van der Waals surface area contributed by atoms with E-state index in [2.05, 4.69) is 18.0 Å². The molecule has 1 aromatic heterocycles. The van der Waals surface area contributed by atoms with Crippen LogP contribution in [0.15, 0.2) is 30.3 Å². The lowest BCUT2D eigenvalue weighted by molar-refractivity contribution is 0.169. The van der Waals surface area contributed by atoms with Gasteiger partial charge in [-0.2, -0.15) is 0 Å². The van der Waals surface area contributed by atoms with Crippen molar-refractivity contribution in [1.82, 2.24) is 4.98 Å². The lowest BCUT2D eigenvalue weighted by Crippen LogP contribution is -2.00. The fourth-order valence-electron chi connectivity index (χ4n) is 1.76. The third kappa shape index (κ3) is 1.85. The zero-order chi connectivity index (χ0) is 10.8. The van der Waals surface area contributed by atoms with Crippen LogP contribution in [-0.2, 0) is 0 Å². The van der Waals surface area contributed by atoms with Gasteiger partial charge in [-0.25, -0.2) is 0 Å². The number of nitrogens with zero attached hydrogens (tertiary/aromatic N) is 1. The molecule has 0 amide bonds. The van der Waals surface area contributed by atoms with Crippen molar-refractivity contribution < 1.29 is 5.11 Å². The van der Waals surface area contributed by atoms with Gasteiger partial charge in [0.2, 0.25) is 0 Å². The zero-order valence-corrected chi connectivity index (χ0v) is 9.07. The number of benzene rings is 1. The molecule has 0 unspecified atom stereocenters. The number of aliphatic hydroxyl groups excluding tert-OH is 1. The normalized spacial score (nSPS) is 13.0. The summed E-state index contributed by atoms with van der Waals surface area (Å²) >= 11 is 0. The van der Waals surface area contributed by atoms with Crippen LogP contribution in [0.5, 0.6) is 0 Å². The highest BCUT2D eigenvalue weighted by Gasteiger charge is 2.08. The number of rotatable bonds is 2. The number of para-hydroxylation sites is 1. The van der Waals surface area contributed by atoms with Gasteiger partial charge in [0.25, 0.3) is 0 Å². The van der Waals surface area contributed by atoms with Crippen molar-refractivity contribution in [2.75, 3.05) is 0 Å². The first-order valence-electron chi connectivity index (χ1n) is 5.26. The van der Waals surface area contributed by atoms with Gasteiger partial charge in [-0.1, -0.05) is 25.1 Å². The Hall–Kier alpha value is -1.41. The van der Waals surface area contributed by atoms with Gasteiger partial charge in [-0.3, -0.25) is 4.98 Å². The van der Waals surface area contributed by atoms with Gasteiger partial charge in [0.05, 0.1) is 17.3 Å². The molecule has 78 valence electrons. The molecular formula is C13H15NO.